The van der Waals surface area contributed by atoms with E-state index in [9.17, 15) is 0 Å². The van der Waals surface area contributed by atoms with E-state index in [1.807, 2.05) is 22.7 Å². The summed E-state index contributed by atoms with van der Waals surface area (Å²) in [5, 5.41) is 14.1. The van der Waals surface area contributed by atoms with E-state index in [4.69, 9.17) is 8.83 Å². The fraction of sp³-hybridized carbons (Fsp3) is 0.0417. The lowest BCUT2D eigenvalue weighted by atomic mass is 9.98. The Morgan fingerprint density at radius 3 is 0.971 bits per heavy atom. The third-order valence-electron chi connectivity index (χ3n) is 20.7. The van der Waals surface area contributed by atoms with Crippen LogP contribution in [-0.4, -0.2) is 0 Å². The van der Waals surface area contributed by atoms with Gasteiger partial charge in [-0.3, -0.25) is 0 Å². The molecule has 16 aromatic carbocycles. The number of furan rings is 2. The van der Waals surface area contributed by atoms with Gasteiger partial charge in [0.1, 0.15) is 22.3 Å². The van der Waals surface area contributed by atoms with Crippen LogP contribution in [0.3, 0.4) is 0 Å². The van der Waals surface area contributed by atoms with Crippen molar-refractivity contribution in [2.75, 3.05) is 19.6 Å². The minimum atomic E-state index is 0.821. The van der Waals surface area contributed by atoms with Gasteiger partial charge in [0.25, 0.3) is 0 Å². The quantitative estimate of drug-likeness (QED) is 0.115. The summed E-state index contributed by atoms with van der Waals surface area (Å²) in [5.74, 6) is 0. The third-order valence-corrected chi connectivity index (χ3v) is 22.9. The lowest BCUT2D eigenvalue weighted by Crippen LogP contribution is -2.10. The second kappa shape index (κ2) is 24.5. The van der Waals surface area contributed by atoms with Crippen molar-refractivity contribution in [3.63, 3.8) is 0 Å². The van der Waals surface area contributed by atoms with Crippen molar-refractivity contribution < 1.29 is 8.83 Å². The number of anilines is 12. The molecule has 0 saturated carbocycles. The van der Waals surface area contributed by atoms with Gasteiger partial charge >= 0.3 is 0 Å². The van der Waals surface area contributed by atoms with E-state index >= 15 is 0 Å². The monoisotopic (exact) mass is 1370 g/mol. The summed E-state index contributed by atoms with van der Waals surface area (Å²) in [5.41, 5.74) is 23.6. The average Bonchev–Trinajstić information content (AvgIpc) is 1.58. The van der Waals surface area contributed by atoms with Gasteiger partial charge in [-0.15, -0.1) is 22.7 Å². The highest BCUT2D eigenvalue weighted by atomic mass is 32.1. The number of aryl methyl sites for hydroxylation is 4. The zero-order valence-corrected chi connectivity index (χ0v) is 59.2. The minimum Gasteiger partial charge on any atom is -0.456 e. The van der Waals surface area contributed by atoms with Crippen molar-refractivity contribution >= 4 is 197 Å². The molecule has 8 heteroatoms. The molecule has 104 heavy (non-hydrogen) atoms. The van der Waals surface area contributed by atoms with Crippen molar-refractivity contribution in [1.29, 1.82) is 0 Å². The van der Waals surface area contributed by atoms with Crippen LogP contribution in [0.2, 0.25) is 0 Å². The number of thiophene rings is 2. The summed E-state index contributed by atoms with van der Waals surface area (Å²) in [7, 11) is 0. The Morgan fingerprint density at radius 1 is 0.212 bits per heavy atom. The van der Waals surface area contributed by atoms with Gasteiger partial charge < -0.3 is 28.4 Å². The number of fused-ring (bicyclic) bond motifs is 14. The van der Waals surface area contributed by atoms with Crippen molar-refractivity contribution in [2.24, 2.45) is 0 Å². The zero-order chi connectivity index (χ0) is 69.3. The molecule has 0 atom stereocenters. The molecule has 0 spiro atoms. The average molecular weight is 1370 g/mol. The van der Waals surface area contributed by atoms with Crippen LogP contribution < -0.4 is 19.6 Å². The van der Waals surface area contributed by atoms with Crippen molar-refractivity contribution in [1.82, 2.24) is 0 Å². The molecule has 494 valence electrons. The van der Waals surface area contributed by atoms with Gasteiger partial charge in [0.05, 0.1) is 0 Å². The van der Waals surface area contributed by atoms with Crippen molar-refractivity contribution in [2.45, 2.75) is 27.7 Å². The van der Waals surface area contributed by atoms with Crippen LogP contribution in [0.15, 0.2) is 336 Å². The second-order valence-electron chi connectivity index (χ2n) is 27.6. The molecule has 4 heterocycles. The van der Waals surface area contributed by atoms with Crippen LogP contribution in [0.5, 0.6) is 0 Å². The molecule has 0 aliphatic carbocycles. The lowest BCUT2D eigenvalue weighted by molar-refractivity contribution is 0.668. The Kier molecular flexibility index (Phi) is 14.4. The number of para-hydroxylation sites is 3. The molecule has 0 bridgehead atoms. The SMILES string of the molecule is Cc1cccc(N(c2cccc(C)c2)c2ccc3c(c2)sc2cc4cc5c(cc4cc23)sc2cc(N(c3cccc(C)c3)c3ccc(-c4cccc(N(c6ccccc6)c6ccc7c(c6)oc6cc8cc9oc%10cc(N(c%11ccccc%11)c%11ccccc%11)ccc%10c9cc8cc67)c4)c(C)c3)ccc25)c1. The Balaban J connectivity index is 0.609. The van der Waals surface area contributed by atoms with Crippen LogP contribution in [-0.2, 0) is 0 Å². The van der Waals surface area contributed by atoms with Gasteiger partial charge in [-0.2, -0.15) is 0 Å². The fourth-order valence-electron chi connectivity index (χ4n) is 15.8. The Labute approximate surface area is 609 Å². The number of hydrogen-bond donors (Lipinski definition) is 0. The molecule has 6 nitrogen and oxygen atoms in total. The van der Waals surface area contributed by atoms with Gasteiger partial charge in [-0.05, 0) is 277 Å². The first-order valence-electron chi connectivity index (χ1n) is 35.4. The minimum absolute atomic E-state index is 0.821. The Morgan fingerprint density at radius 2 is 0.529 bits per heavy atom. The van der Waals surface area contributed by atoms with Crippen LogP contribution in [0.25, 0.3) is 117 Å². The van der Waals surface area contributed by atoms with E-state index in [0.29, 0.717) is 0 Å². The van der Waals surface area contributed by atoms with Crippen LogP contribution in [0.4, 0.5) is 68.2 Å². The molecule has 0 radical (unpaired) electrons. The molecular formula is C96H66N4O2S2. The maximum absolute atomic E-state index is 6.86. The zero-order valence-electron chi connectivity index (χ0n) is 57.6. The van der Waals surface area contributed by atoms with Gasteiger partial charge in [-0.25, -0.2) is 0 Å². The van der Waals surface area contributed by atoms with Crippen LogP contribution >= 0.6 is 22.7 Å². The normalized spacial score (nSPS) is 11.8. The van der Waals surface area contributed by atoms with E-state index < -0.39 is 0 Å². The maximum Gasteiger partial charge on any atom is 0.137 e. The Bertz CT molecular complexity index is 6740. The third kappa shape index (κ3) is 10.6. The van der Waals surface area contributed by atoms with E-state index in [0.717, 1.165) is 128 Å². The van der Waals surface area contributed by atoms with E-state index in [1.165, 1.54) is 78.9 Å². The molecule has 20 aromatic rings. The number of hydrogen-bond acceptors (Lipinski definition) is 8. The molecular weight excluding hydrogens is 1310 g/mol. The molecule has 0 N–H and O–H groups in total. The lowest BCUT2D eigenvalue weighted by Gasteiger charge is -2.27. The van der Waals surface area contributed by atoms with Gasteiger partial charge in [0.15, 0.2) is 0 Å². The number of nitrogens with zero attached hydrogens (tertiary/aromatic N) is 4. The standard InChI is InChI=1S/C96H66N4O2S2/c1-59-18-14-28-71(42-59)99(72-29-15-19-60(2)43-72)78-35-40-83-87-49-65-54-94-88(50-66(65)53-93(87)103-95(83)57-78)84-41-36-79(58-96(84)104-94)100(73-30-16-20-61(3)44-73)75-32-37-80(62(4)45-75)63-21-17-31-74(46-63)98(70-26-12-7-13-27-70)77-34-39-82-86-48-64-47-85-81-38-33-76(97(68-22-8-5-9-23-68)69-24-10-6-11-25-69)55-91(81)101-89(85)51-67(64)52-90(86)102-92(82)56-77/h5-58H,1-4H3. The molecule has 0 amide bonds. The number of rotatable bonds is 13. The second-order valence-corrected chi connectivity index (χ2v) is 29.8. The molecule has 0 unspecified atom stereocenters. The topological polar surface area (TPSA) is 39.2 Å². The number of benzene rings is 16. The molecule has 0 aliphatic heterocycles. The molecule has 4 aromatic heterocycles. The highest BCUT2D eigenvalue weighted by Gasteiger charge is 2.23. The van der Waals surface area contributed by atoms with Crippen molar-refractivity contribution in [3.8, 4) is 11.1 Å². The molecule has 20 rings (SSSR count). The first-order valence-corrected chi connectivity index (χ1v) is 37.0. The predicted octanol–water partition coefficient (Wildman–Crippen LogP) is 29.3. The van der Waals surface area contributed by atoms with Gasteiger partial charge in [0, 0.05) is 142 Å². The largest absolute Gasteiger partial charge is 0.456 e. The summed E-state index contributed by atoms with van der Waals surface area (Å²) in [6.45, 7) is 8.75. The van der Waals surface area contributed by atoms with Crippen LogP contribution in [0.1, 0.15) is 22.3 Å². The highest BCUT2D eigenvalue weighted by Crippen LogP contribution is 2.49. The van der Waals surface area contributed by atoms with E-state index in [2.05, 4.69) is 375 Å². The molecule has 0 aliphatic rings. The van der Waals surface area contributed by atoms with Gasteiger partial charge in [-0.1, -0.05) is 121 Å². The fourth-order valence-corrected chi connectivity index (χ4v) is 18.2. The molecule has 0 saturated heterocycles. The van der Waals surface area contributed by atoms with Crippen LogP contribution in [0, 0.1) is 27.7 Å². The maximum atomic E-state index is 6.86. The Hall–Kier alpha value is -12.7. The summed E-state index contributed by atoms with van der Waals surface area (Å²) in [6, 6.07) is 120. The van der Waals surface area contributed by atoms with E-state index in [1.54, 1.807) is 0 Å². The van der Waals surface area contributed by atoms with Crippen molar-refractivity contribution in [3.05, 3.63) is 350 Å². The first kappa shape index (κ1) is 61.2. The predicted molar refractivity (Wildman–Crippen MR) is 445 cm³/mol. The molecule has 0 fully saturated rings. The summed E-state index contributed by atoms with van der Waals surface area (Å²) in [6.07, 6.45) is 0. The summed E-state index contributed by atoms with van der Waals surface area (Å²) < 4.78 is 18.7. The van der Waals surface area contributed by atoms with E-state index in [-0.39, 0.29) is 0 Å². The van der Waals surface area contributed by atoms with Gasteiger partial charge in [0.2, 0.25) is 0 Å². The highest BCUT2D eigenvalue weighted by molar-refractivity contribution is 7.26. The summed E-state index contributed by atoms with van der Waals surface area (Å²) in [4.78, 5) is 9.40. The first-order chi connectivity index (χ1) is 51.1. The summed E-state index contributed by atoms with van der Waals surface area (Å²) >= 11 is 3.76. The smallest absolute Gasteiger partial charge is 0.137 e.